The number of rotatable bonds is 2. The van der Waals surface area contributed by atoms with E-state index < -0.39 is 16.8 Å². The van der Waals surface area contributed by atoms with Gasteiger partial charge >= 0.3 is 6.09 Å². The number of nitrogens with zero attached hydrogens (tertiary/aromatic N) is 1. The highest BCUT2D eigenvalue weighted by Crippen LogP contribution is 2.68. The van der Waals surface area contributed by atoms with Gasteiger partial charge in [0.2, 0.25) is 0 Å². The molecule has 1 heterocycles. The minimum atomic E-state index is -0.550. The van der Waals surface area contributed by atoms with Crippen LogP contribution < -0.4 is 0 Å². The maximum atomic E-state index is 13.5. The molecule has 1 N–H and O–H groups in total. The molecule has 2 aliphatic rings. The van der Waals surface area contributed by atoms with Gasteiger partial charge in [-0.05, 0) is 51.3 Å². The molecule has 1 saturated carbocycles. The number of aliphatic hydroxyl groups is 1. The zero-order chi connectivity index (χ0) is 17.8. The Morgan fingerprint density at radius 1 is 1.46 bits per heavy atom. The maximum Gasteiger partial charge on any atom is 0.410 e. The van der Waals surface area contributed by atoms with Crippen molar-refractivity contribution >= 4 is 17.7 Å². The predicted molar refractivity (Wildman–Crippen MR) is 89.6 cm³/mol. The van der Waals surface area contributed by atoms with Crippen molar-refractivity contribution < 1.29 is 19.0 Å². The van der Waals surface area contributed by atoms with E-state index in [0.29, 0.717) is 19.5 Å². The molecule has 1 aliphatic carbocycles. The Hall–Kier alpha value is -1.33. The van der Waals surface area contributed by atoms with Crippen molar-refractivity contribution in [3.63, 3.8) is 0 Å². The minimum Gasteiger partial charge on any atom is -0.444 e. The molecule has 2 unspecified atom stereocenters. The van der Waals surface area contributed by atoms with Gasteiger partial charge in [0.05, 0.1) is 11.6 Å². The van der Waals surface area contributed by atoms with E-state index in [-0.39, 0.29) is 23.1 Å². The maximum absolute atomic E-state index is 13.5. The molecule has 1 aliphatic heterocycles. The first-order valence-corrected chi connectivity index (χ1v) is 8.55. The number of fused-ring (bicyclic) bond motifs is 1. The third kappa shape index (κ3) is 2.78. The molecule has 0 radical (unpaired) electrons. The summed E-state index contributed by atoms with van der Waals surface area (Å²) in [5, 5.41) is 10.1. The molecule has 0 bridgehead atoms. The average Bonchev–Trinajstić information content (AvgIpc) is 3.18. The van der Waals surface area contributed by atoms with Gasteiger partial charge in [0.1, 0.15) is 11.4 Å². The first-order valence-electron chi connectivity index (χ1n) is 8.17. The highest BCUT2D eigenvalue weighted by atomic mass is 35.5. The molecule has 1 amide bonds. The molecule has 1 aromatic carbocycles. The first-order chi connectivity index (χ1) is 11.1. The molecule has 1 aromatic rings. The number of ether oxygens (including phenoxy) is 1. The molecule has 0 aromatic heterocycles. The lowest BCUT2D eigenvalue weighted by molar-refractivity contribution is 0.00891. The summed E-state index contributed by atoms with van der Waals surface area (Å²) < 4.78 is 18.9. The van der Waals surface area contributed by atoms with Gasteiger partial charge < -0.3 is 14.7 Å². The largest absolute Gasteiger partial charge is 0.444 e. The van der Waals surface area contributed by atoms with Crippen LogP contribution >= 0.6 is 11.6 Å². The fourth-order valence-electron chi connectivity index (χ4n) is 3.95. The van der Waals surface area contributed by atoms with Crippen LogP contribution in [-0.4, -0.2) is 41.4 Å². The molecule has 1 saturated heterocycles. The smallest absolute Gasteiger partial charge is 0.410 e. The number of benzene rings is 1. The molecule has 24 heavy (non-hydrogen) atoms. The fourth-order valence-corrected chi connectivity index (χ4v) is 4.13. The number of halogens is 2. The van der Waals surface area contributed by atoms with E-state index in [1.807, 2.05) is 20.8 Å². The molecular formula is C18H23ClFNO3. The second kappa shape index (κ2) is 5.60. The number of amides is 1. The standard InChI is InChI=1S/C18H23ClFNO3/c1-16(2,3)24-15(23)21-7-6-18(9-17(18,10-21)11-22)12-4-5-14(20)13(19)8-12/h4-5,8,22H,6-7,9-11H2,1-3H3. The summed E-state index contributed by atoms with van der Waals surface area (Å²) in [6, 6.07) is 4.76. The second-order valence-electron chi connectivity index (χ2n) is 7.98. The summed E-state index contributed by atoms with van der Waals surface area (Å²) in [6.07, 6.45) is 1.11. The molecule has 2 fully saturated rings. The summed E-state index contributed by atoms with van der Waals surface area (Å²) in [7, 11) is 0. The number of aliphatic hydroxyl groups excluding tert-OH is 1. The van der Waals surface area contributed by atoms with Crippen molar-refractivity contribution in [2.45, 2.75) is 44.6 Å². The normalized spacial score (nSPS) is 29.2. The van der Waals surface area contributed by atoms with E-state index in [9.17, 15) is 14.3 Å². The van der Waals surface area contributed by atoms with E-state index in [4.69, 9.17) is 16.3 Å². The van der Waals surface area contributed by atoms with Crippen molar-refractivity contribution in [3.8, 4) is 0 Å². The van der Waals surface area contributed by atoms with Crippen molar-refractivity contribution in [1.82, 2.24) is 4.90 Å². The van der Waals surface area contributed by atoms with Crippen molar-refractivity contribution in [2.75, 3.05) is 19.7 Å². The van der Waals surface area contributed by atoms with E-state index in [2.05, 4.69) is 0 Å². The van der Waals surface area contributed by atoms with Gasteiger partial charge in [-0.15, -0.1) is 0 Å². The van der Waals surface area contributed by atoms with Gasteiger partial charge in [0, 0.05) is 23.9 Å². The van der Waals surface area contributed by atoms with E-state index in [1.165, 1.54) is 6.07 Å². The summed E-state index contributed by atoms with van der Waals surface area (Å²) in [4.78, 5) is 14.0. The summed E-state index contributed by atoms with van der Waals surface area (Å²) >= 11 is 5.93. The highest BCUT2D eigenvalue weighted by molar-refractivity contribution is 6.30. The van der Waals surface area contributed by atoms with E-state index in [0.717, 1.165) is 12.0 Å². The Kier molecular flexibility index (Phi) is 4.08. The quantitative estimate of drug-likeness (QED) is 0.879. The lowest BCUT2D eigenvalue weighted by Crippen LogP contribution is -2.48. The van der Waals surface area contributed by atoms with Gasteiger partial charge in [-0.25, -0.2) is 9.18 Å². The monoisotopic (exact) mass is 355 g/mol. The Morgan fingerprint density at radius 2 is 2.17 bits per heavy atom. The first kappa shape index (κ1) is 17.5. The van der Waals surface area contributed by atoms with Crippen LogP contribution in [0.2, 0.25) is 5.02 Å². The Balaban J connectivity index is 1.81. The lowest BCUT2D eigenvalue weighted by Gasteiger charge is -2.38. The Bertz CT molecular complexity index is 675. The van der Waals surface area contributed by atoms with Crippen molar-refractivity contribution in [2.24, 2.45) is 5.41 Å². The van der Waals surface area contributed by atoms with Crippen LogP contribution in [-0.2, 0) is 10.2 Å². The van der Waals surface area contributed by atoms with Crippen LogP contribution in [0.3, 0.4) is 0 Å². The van der Waals surface area contributed by atoms with E-state index in [1.54, 1.807) is 17.0 Å². The number of hydrogen-bond acceptors (Lipinski definition) is 3. The van der Waals surface area contributed by atoms with Crippen molar-refractivity contribution in [1.29, 1.82) is 0 Å². The number of piperidine rings is 1. The van der Waals surface area contributed by atoms with E-state index >= 15 is 0 Å². The Labute approximate surface area is 146 Å². The van der Waals surface area contributed by atoms with Crippen LogP contribution in [0.5, 0.6) is 0 Å². The van der Waals surface area contributed by atoms with Gasteiger partial charge in [-0.1, -0.05) is 17.7 Å². The molecule has 4 nitrogen and oxygen atoms in total. The molecule has 0 spiro atoms. The van der Waals surface area contributed by atoms with Gasteiger partial charge in [0.25, 0.3) is 0 Å². The zero-order valence-electron chi connectivity index (χ0n) is 14.2. The Morgan fingerprint density at radius 3 is 2.75 bits per heavy atom. The number of likely N-dealkylation sites (tertiary alicyclic amines) is 1. The average molecular weight is 356 g/mol. The third-order valence-electron chi connectivity index (χ3n) is 5.26. The second-order valence-corrected chi connectivity index (χ2v) is 8.39. The van der Waals surface area contributed by atoms with Crippen LogP contribution in [0.15, 0.2) is 18.2 Å². The molecule has 132 valence electrons. The summed E-state index contributed by atoms with van der Waals surface area (Å²) in [6.45, 7) is 6.45. The van der Waals surface area contributed by atoms with Crippen LogP contribution in [0.4, 0.5) is 9.18 Å². The zero-order valence-corrected chi connectivity index (χ0v) is 15.0. The third-order valence-corrected chi connectivity index (χ3v) is 5.55. The van der Waals surface area contributed by atoms with Gasteiger partial charge in [-0.2, -0.15) is 0 Å². The van der Waals surface area contributed by atoms with Crippen LogP contribution in [0.25, 0.3) is 0 Å². The van der Waals surface area contributed by atoms with Crippen molar-refractivity contribution in [3.05, 3.63) is 34.6 Å². The van der Waals surface area contributed by atoms with Gasteiger partial charge in [-0.3, -0.25) is 0 Å². The lowest BCUT2D eigenvalue weighted by atomic mass is 9.80. The highest BCUT2D eigenvalue weighted by Gasteiger charge is 2.70. The van der Waals surface area contributed by atoms with Gasteiger partial charge in [0.15, 0.2) is 0 Å². The summed E-state index contributed by atoms with van der Waals surface area (Å²) in [5.41, 5.74) is -0.251. The molecule has 6 heteroatoms. The summed E-state index contributed by atoms with van der Waals surface area (Å²) in [5.74, 6) is -0.446. The fraction of sp³-hybridized carbons (Fsp3) is 0.611. The topological polar surface area (TPSA) is 49.8 Å². The van der Waals surface area contributed by atoms with Crippen LogP contribution in [0, 0.1) is 11.2 Å². The number of carbonyl (C=O) groups is 1. The molecule has 3 rings (SSSR count). The SMILES string of the molecule is CC(C)(C)OC(=O)N1CCC2(c3ccc(F)c(Cl)c3)CC2(CO)C1. The van der Waals surface area contributed by atoms with Crippen LogP contribution in [0.1, 0.15) is 39.2 Å². The molecular weight excluding hydrogens is 333 g/mol. The number of hydrogen-bond donors (Lipinski definition) is 1. The predicted octanol–water partition coefficient (Wildman–Crippen LogP) is 3.74. The number of carbonyl (C=O) groups excluding carboxylic acids is 1. The minimum absolute atomic E-state index is 0.0265. The molecule has 2 atom stereocenters.